The quantitative estimate of drug-likeness (QED) is 0.495. The number of amides is 1. The number of ether oxygens (including phenoxy) is 1. The van der Waals surface area contributed by atoms with E-state index in [1.807, 2.05) is 42.5 Å². The van der Waals surface area contributed by atoms with Crippen molar-refractivity contribution in [2.75, 3.05) is 6.61 Å². The smallest absolute Gasteiger partial charge is 0.262 e. The number of rotatable bonds is 5. The van der Waals surface area contributed by atoms with E-state index in [2.05, 4.69) is 11.2 Å². The molecule has 0 aromatic heterocycles. The molecule has 4 nitrogen and oxygen atoms in total. The van der Waals surface area contributed by atoms with Gasteiger partial charge in [-0.05, 0) is 35.8 Å². The maximum atomic E-state index is 12.6. The number of fused-ring (bicyclic) bond motifs is 1. The zero-order valence-electron chi connectivity index (χ0n) is 15.2. The second kappa shape index (κ2) is 8.92. The SMILES string of the molecule is C#CCOc1ccc2ccccc2c1/C=C(\C#N)C(=O)NC1CCCCC1. The minimum Gasteiger partial charge on any atom is -0.480 e. The summed E-state index contributed by atoms with van der Waals surface area (Å²) in [5.41, 5.74) is 0.765. The Balaban J connectivity index is 1.96. The van der Waals surface area contributed by atoms with Crippen LogP contribution in [0.25, 0.3) is 16.8 Å². The number of nitrogens with one attached hydrogen (secondary N) is 1. The van der Waals surface area contributed by atoms with Crippen molar-refractivity contribution in [3.8, 4) is 24.2 Å². The molecule has 0 saturated heterocycles. The summed E-state index contributed by atoms with van der Waals surface area (Å²) in [4.78, 5) is 12.6. The van der Waals surface area contributed by atoms with Crippen LogP contribution in [0.5, 0.6) is 5.75 Å². The molecule has 4 heteroatoms. The first-order valence-corrected chi connectivity index (χ1v) is 9.23. The first kappa shape index (κ1) is 18.5. The standard InChI is InChI=1S/C23H22N2O2/c1-2-14-27-22-13-12-17-8-6-7-11-20(17)21(22)15-18(16-24)23(26)25-19-9-4-3-5-10-19/h1,6-8,11-13,15,19H,3-5,9-10,14H2,(H,25,26)/b18-15+. The van der Waals surface area contributed by atoms with Gasteiger partial charge in [-0.3, -0.25) is 4.79 Å². The third-order valence-corrected chi connectivity index (χ3v) is 4.84. The summed E-state index contributed by atoms with van der Waals surface area (Å²) >= 11 is 0. The first-order valence-electron chi connectivity index (χ1n) is 9.23. The molecule has 0 unspecified atom stereocenters. The van der Waals surface area contributed by atoms with Crippen molar-refractivity contribution in [3.05, 3.63) is 47.5 Å². The summed E-state index contributed by atoms with van der Waals surface area (Å²) in [5.74, 6) is 2.68. The number of carbonyl (C=O) groups is 1. The van der Waals surface area contributed by atoms with Gasteiger partial charge in [-0.1, -0.05) is 55.5 Å². The molecule has 0 aliphatic heterocycles. The number of nitriles is 1. The molecule has 0 spiro atoms. The molecule has 1 saturated carbocycles. The monoisotopic (exact) mass is 358 g/mol. The number of carbonyl (C=O) groups excluding carboxylic acids is 1. The molecule has 1 fully saturated rings. The summed E-state index contributed by atoms with van der Waals surface area (Å²) in [6.45, 7) is 0.120. The van der Waals surface area contributed by atoms with Crippen LogP contribution in [0.15, 0.2) is 42.0 Å². The molecule has 136 valence electrons. The topological polar surface area (TPSA) is 62.1 Å². The van der Waals surface area contributed by atoms with Crippen LogP contribution in [0.3, 0.4) is 0 Å². The molecular weight excluding hydrogens is 336 g/mol. The molecule has 3 rings (SSSR count). The van der Waals surface area contributed by atoms with Gasteiger partial charge in [-0.15, -0.1) is 6.42 Å². The van der Waals surface area contributed by atoms with Crippen LogP contribution in [-0.2, 0) is 4.79 Å². The van der Waals surface area contributed by atoms with E-state index in [-0.39, 0.29) is 24.1 Å². The van der Waals surface area contributed by atoms with Gasteiger partial charge in [-0.25, -0.2) is 0 Å². The normalized spacial score (nSPS) is 15.0. The molecule has 0 heterocycles. The Morgan fingerprint density at radius 1 is 1.22 bits per heavy atom. The van der Waals surface area contributed by atoms with Crippen molar-refractivity contribution >= 4 is 22.8 Å². The molecule has 1 aliphatic rings. The second-order valence-corrected chi connectivity index (χ2v) is 6.67. The molecule has 1 aliphatic carbocycles. The van der Waals surface area contributed by atoms with Crippen molar-refractivity contribution in [1.29, 1.82) is 5.26 Å². The van der Waals surface area contributed by atoms with E-state index < -0.39 is 0 Å². The minimum atomic E-state index is -0.333. The van der Waals surface area contributed by atoms with E-state index in [9.17, 15) is 10.1 Å². The van der Waals surface area contributed by atoms with Crippen LogP contribution < -0.4 is 10.1 Å². The van der Waals surface area contributed by atoms with Gasteiger partial charge in [0.15, 0.2) is 0 Å². The van der Waals surface area contributed by atoms with E-state index in [0.29, 0.717) is 11.3 Å². The molecule has 0 atom stereocenters. The summed E-state index contributed by atoms with van der Waals surface area (Å²) in [6, 6.07) is 13.7. The van der Waals surface area contributed by atoms with E-state index in [1.165, 1.54) is 6.42 Å². The fraction of sp³-hybridized carbons (Fsp3) is 0.304. The Labute approximate surface area is 159 Å². The highest BCUT2D eigenvalue weighted by Crippen LogP contribution is 2.30. The highest BCUT2D eigenvalue weighted by atomic mass is 16.5. The van der Waals surface area contributed by atoms with Crippen LogP contribution in [0.4, 0.5) is 0 Å². The maximum Gasteiger partial charge on any atom is 0.262 e. The van der Waals surface area contributed by atoms with Crippen LogP contribution in [0.1, 0.15) is 37.7 Å². The van der Waals surface area contributed by atoms with Crippen LogP contribution >= 0.6 is 0 Å². The van der Waals surface area contributed by atoms with E-state index >= 15 is 0 Å². The minimum absolute atomic E-state index is 0.0717. The average molecular weight is 358 g/mol. The summed E-state index contributed by atoms with van der Waals surface area (Å²) in [5, 5.41) is 14.5. The Morgan fingerprint density at radius 3 is 2.74 bits per heavy atom. The Hall–Kier alpha value is -3.24. The number of nitrogens with zero attached hydrogens (tertiary/aromatic N) is 1. The van der Waals surface area contributed by atoms with Gasteiger partial charge in [0, 0.05) is 11.6 Å². The fourth-order valence-electron chi connectivity index (χ4n) is 3.47. The maximum absolute atomic E-state index is 12.6. The zero-order chi connectivity index (χ0) is 19.1. The molecule has 1 amide bonds. The van der Waals surface area contributed by atoms with Gasteiger partial charge in [0.2, 0.25) is 0 Å². The highest BCUT2D eigenvalue weighted by molar-refractivity contribution is 6.05. The molecule has 1 N–H and O–H groups in total. The second-order valence-electron chi connectivity index (χ2n) is 6.67. The van der Waals surface area contributed by atoms with Gasteiger partial charge < -0.3 is 10.1 Å². The average Bonchev–Trinajstić information content (AvgIpc) is 2.71. The third kappa shape index (κ3) is 4.49. The lowest BCUT2D eigenvalue weighted by atomic mass is 9.95. The molecule has 2 aromatic rings. The summed E-state index contributed by atoms with van der Waals surface area (Å²) in [7, 11) is 0. The van der Waals surface area contributed by atoms with Crippen molar-refractivity contribution in [1.82, 2.24) is 5.32 Å². The fourth-order valence-corrected chi connectivity index (χ4v) is 3.47. The van der Waals surface area contributed by atoms with Gasteiger partial charge in [0.25, 0.3) is 5.91 Å². The number of hydrogen-bond donors (Lipinski definition) is 1. The molecule has 0 bridgehead atoms. The molecule has 27 heavy (non-hydrogen) atoms. The molecule has 2 aromatic carbocycles. The first-order chi connectivity index (χ1) is 13.2. The van der Waals surface area contributed by atoms with Gasteiger partial charge in [0.05, 0.1) is 0 Å². The van der Waals surface area contributed by atoms with Crippen LogP contribution in [0.2, 0.25) is 0 Å². The Morgan fingerprint density at radius 2 is 2.00 bits per heavy atom. The summed E-state index contributed by atoms with van der Waals surface area (Å²) < 4.78 is 5.65. The largest absolute Gasteiger partial charge is 0.480 e. The van der Waals surface area contributed by atoms with Gasteiger partial charge in [0.1, 0.15) is 24.0 Å². The Kier molecular flexibility index (Phi) is 6.13. The van der Waals surface area contributed by atoms with E-state index in [1.54, 1.807) is 6.08 Å². The van der Waals surface area contributed by atoms with Gasteiger partial charge in [-0.2, -0.15) is 5.26 Å². The highest BCUT2D eigenvalue weighted by Gasteiger charge is 2.19. The van der Waals surface area contributed by atoms with Crippen molar-refractivity contribution in [3.63, 3.8) is 0 Å². The number of benzene rings is 2. The Bertz CT molecular complexity index is 941. The van der Waals surface area contributed by atoms with E-state index in [0.717, 1.165) is 36.5 Å². The van der Waals surface area contributed by atoms with Gasteiger partial charge >= 0.3 is 0 Å². The van der Waals surface area contributed by atoms with Crippen LogP contribution in [-0.4, -0.2) is 18.6 Å². The zero-order valence-corrected chi connectivity index (χ0v) is 15.2. The lowest BCUT2D eigenvalue weighted by Gasteiger charge is -2.22. The van der Waals surface area contributed by atoms with Crippen molar-refractivity contribution in [2.45, 2.75) is 38.1 Å². The predicted molar refractivity (Wildman–Crippen MR) is 107 cm³/mol. The lowest BCUT2D eigenvalue weighted by Crippen LogP contribution is -2.36. The van der Waals surface area contributed by atoms with Crippen LogP contribution in [0, 0.1) is 23.7 Å². The number of terminal acetylenes is 1. The molecule has 0 radical (unpaired) electrons. The molecular formula is C23H22N2O2. The number of hydrogen-bond acceptors (Lipinski definition) is 3. The predicted octanol–water partition coefficient (Wildman–Crippen LogP) is 4.21. The third-order valence-electron chi connectivity index (χ3n) is 4.84. The van der Waals surface area contributed by atoms with E-state index in [4.69, 9.17) is 11.2 Å². The lowest BCUT2D eigenvalue weighted by molar-refractivity contribution is -0.117. The van der Waals surface area contributed by atoms with Crippen molar-refractivity contribution < 1.29 is 9.53 Å². The van der Waals surface area contributed by atoms with Crippen molar-refractivity contribution in [2.24, 2.45) is 0 Å². The summed E-state index contributed by atoms with van der Waals surface area (Å²) in [6.07, 6.45) is 12.3.